The summed E-state index contributed by atoms with van der Waals surface area (Å²) in [4.78, 5) is 9.67. The van der Waals surface area contributed by atoms with Gasteiger partial charge in [-0.1, -0.05) is 13.8 Å². The highest BCUT2D eigenvalue weighted by Gasteiger charge is 1.93. The maximum absolute atomic E-state index is 9.67. The molecular weight excluding hydrogens is 116 g/mol. The van der Waals surface area contributed by atoms with Crippen LogP contribution in [0.25, 0.3) is 0 Å². The molecule has 0 aromatic carbocycles. The Bertz CT molecular complexity index is 114. The number of allylic oxidation sites excluding steroid dienone is 1. The van der Waals surface area contributed by atoms with E-state index in [9.17, 15) is 4.79 Å². The average molecular weight is 128 g/mol. The molecule has 0 heterocycles. The zero-order valence-electron chi connectivity index (χ0n) is 6.05. The predicted molar refractivity (Wildman–Crippen MR) is 35.7 cm³/mol. The number of rotatable bonds is 3. The number of carbonyl (C=O) groups is 1. The van der Waals surface area contributed by atoms with E-state index < -0.39 is 0 Å². The summed E-state index contributed by atoms with van der Waals surface area (Å²) in [5, 5.41) is 0. The van der Waals surface area contributed by atoms with Gasteiger partial charge in [0.1, 0.15) is 0 Å². The largest absolute Gasteiger partial charge is 0.437 e. The van der Waals surface area contributed by atoms with E-state index in [4.69, 9.17) is 0 Å². The first-order valence-corrected chi connectivity index (χ1v) is 2.94. The number of carbonyl (C=O) groups excluding carboxylic acids is 1. The lowest BCUT2D eigenvalue weighted by molar-refractivity contribution is -0.123. The lowest BCUT2D eigenvalue weighted by Gasteiger charge is -2.01. The standard InChI is InChI=1S/C7H12O2/c1-6(2)7(3)4-9-5-8/h4-6H,1-3H3/b7-4+. The molecule has 52 valence electrons. The molecule has 0 radical (unpaired) electrons. The van der Waals surface area contributed by atoms with Gasteiger partial charge in [-0.3, -0.25) is 4.79 Å². The van der Waals surface area contributed by atoms with E-state index in [0.717, 1.165) is 5.57 Å². The third-order valence-corrected chi connectivity index (χ3v) is 1.22. The number of hydrogen-bond donors (Lipinski definition) is 0. The van der Waals surface area contributed by atoms with Crippen LogP contribution < -0.4 is 0 Å². The van der Waals surface area contributed by atoms with Crippen LogP contribution in [0.15, 0.2) is 11.8 Å². The van der Waals surface area contributed by atoms with Crippen molar-refractivity contribution in [2.45, 2.75) is 20.8 Å². The summed E-state index contributed by atoms with van der Waals surface area (Å²) < 4.78 is 4.41. The zero-order valence-corrected chi connectivity index (χ0v) is 6.05. The smallest absolute Gasteiger partial charge is 0.297 e. The molecule has 0 rings (SSSR count). The van der Waals surface area contributed by atoms with E-state index in [0.29, 0.717) is 12.4 Å². The van der Waals surface area contributed by atoms with Crippen molar-refractivity contribution in [1.82, 2.24) is 0 Å². The fourth-order valence-electron chi connectivity index (χ4n) is 0.271. The molecule has 0 saturated heterocycles. The Hall–Kier alpha value is -0.790. The number of hydrogen-bond acceptors (Lipinski definition) is 2. The van der Waals surface area contributed by atoms with E-state index >= 15 is 0 Å². The van der Waals surface area contributed by atoms with Gasteiger partial charge in [0.25, 0.3) is 6.47 Å². The molecule has 0 aliphatic heterocycles. The van der Waals surface area contributed by atoms with Gasteiger partial charge in [-0.15, -0.1) is 0 Å². The minimum absolute atomic E-state index is 0.422. The highest BCUT2D eigenvalue weighted by molar-refractivity contribution is 5.38. The summed E-state index contributed by atoms with van der Waals surface area (Å²) in [7, 11) is 0. The normalized spacial score (nSPS) is 11.8. The van der Waals surface area contributed by atoms with Crippen LogP contribution in [0.5, 0.6) is 0 Å². The highest BCUT2D eigenvalue weighted by atomic mass is 16.5. The molecule has 0 aromatic rings. The van der Waals surface area contributed by atoms with Crippen molar-refractivity contribution >= 4 is 6.47 Å². The minimum Gasteiger partial charge on any atom is -0.437 e. The monoisotopic (exact) mass is 128 g/mol. The molecule has 2 heteroatoms. The van der Waals surface area contributed by atoms with Gasteiger partial charge < -0.3 is 4.74 Å². The highest BCUT2D eigenvalue weighted by Crippen LogP contribution is 2.06. The third kappa shape index (κ3) is 3.76. The van der Waals surface area contributed by atoms with Crippen molar-refractivity contribution in [3.8, 4) is 0 Å². The van der Waals surface area contributed by atoms with Crippen LogP contribution in [-0.2, 0) is 9.53 Å². The van der Waals surface area contributed by atoms with Gasteiger partial charge in [0.05, 0.1) is 6.26 Å². The van der Waals surface area contributed by atoms with Crippen molar-refractivity contribution in [3.05, 3.63) is 11.8 Å². The van der Waals surface area contributed by atoms with Gasteiger partial charge in [-0.25, -0.2) is 0 Å². The van der Waals surface area contributed by atoms with Crippen LogP contribution in [0.4, 0.5) is 0 Å². The fraction of sp³-hybridized carbons (Fsp3) is 0.571. The Morgan fingerprint density at radius 1 is 1.56 bits per heavy atom. The van der Waals surface area contributed by atoms with E-state index in [1.807, 2.05) is 20.8 Å². The Morgan fingerprint density at radius 2 is 2.11 bits per heavy atom. The first-order chi connectivity index (χ1) is 4.18. The summed E-state index contributed by atoms with van der Waals surface area (Å²) in [6, 6.07) is 0. The molecule has 2 nitrogen and oxygen atoms in total. The second kappa shape index (κ2) is 4.13. The topological polar surface area (TPSA) is 26.3 Å². The third-order valence-electron chi connectivity index (χ3n) is 1.22. The van der Waals surface area contributed by atoms with Crippen molar-refractivity contribution in [1.29, 1.82) is 0 Å². The first kappa shape index (κ1) is 8.21. The van der Waals surface area contributed by atoms with Crippen LogP contribution in [0.3, 0.4) is 0 Å². The lowest BCUT2D eigenvalue weighted by atomic mass is 10.1. The van der Waals surface area contributed by atoms with Crippen molar-refractivity contribution in [3.63, 3.8) is 0 Å². The predicted octanol–water partition coefficient (Wildman–Crippen LogP) is 1.72. The minimum atomic E-state index is 0.422. The molecule has 0 unspecified atom stereocenters. The fourth-order valence-corrected chi connectivity index (χ4v) is 0.271. The lowest BCUT2D eigenvalue weighted by Crippen LogP contribution is -1.89. The Labute approximate surface area is 55.5 Å². The van der Waals surface area contributed by atoms with E-state index in [-0.39, 0.29) is 0 Å². The van der Waals surface area contributed by atoms with Gasteiger partial charge in [-0.05, 0) is 18.4 Å². The van der Waals surface area contributed by atoms with Crippen LogP contribution in [-0.4, -0.2) is 6.47 Å². The molecule has 0 atom stereocenters. The summed E-state index contributed by atoms with van der Waals surface area (Å²) in [6.45, 7) is 6.43. The Kier molecular flexibility index (Phi) is 3.76. The molecule has 9 heavy (non-hydrogen) atoms. The SMILES string of the molecule is C/C(=C\OC=O)C(C)C. The summed E-state index contributed by atoms with van der Waals surface area (Å²) in [5.41, 5.74) is 1.07. The van der Waals surface area contributed by atoms with Crippen LogP contribution in [0, 0.1) is 5.92 Å². The molecule has 0 aromatic heterocycles. The summed E-state index contributed by atoms with van der Waals surface area (Å²) >= 11 is 0. The number of ether oxygens (including phenoxy) is 1. The maximum Gasteiger partial charge on any atom is 0.297 e. The molecule has 0 N–H and O–H groups in total. The molecule has 0 aliphatic carbocycles. The second-order valence-electron chi connectivity index (χ2n) is 2.25. The second-order valence-corrected chi connectivity index (χ2v) is 2.25. The Balaban J connectivity index is 3.68. The molecule has 0 amide bonds. The Morgan fingerprint density at radius 3 is 2.44 bits per heavy atom. The van der Waals surface area contributed by atoms with E-state index in [2.05, 4.69) is 4.74 Å². The molecule has 0 bridgehead atoms. The molecule has 0 aliphatic rings. The van der Waals surface area contributed by atoms with Crippen molar-refractivity contribution < 1.29 is 9.53 Å². The quantitative estimate of drug-likeness (QED) is 0.427. The van der Waals surface area contributed by atoms with E-state index in [1.165, 1.54) is 6.26 Å². The first-order valence-electron chi connectivity index (χ1n) is 2.94. The van der Waals surface area contributed by atoms with Crippen LogP contribution in [0.2, 0.25) is 0 Å². The van der Waals surface area contributed by atoms with Gasteiger partial charge in [0.2, 0.25) is 0 Å². The average Bonchev–Trinajstić information content (AvgIpc) is 1.82. The van der Waals surface area contributed by atoms with Crippen LogP contribution in [0.1, 0.15) is 20.8 Å². The van der Waals surface area contributed by atoms with Crippen molar-refractivity contribution in [2.75, 3.05) is 0 Å². The molecular formula is C7H12O2. The van der Waals surface area contributed by atoms with Gasteiger partial charge >= 0.3 is 0 Å². The van der Waals surface area contributed by atoms with E-state index in [1.54, 1.807) is 0 Å². The van der Waals surface area contributed by atoms with Crippen molar-refractivity contribution in [2.24, 2.45) is 5.92 Å². The molecule has 0 fully saturated rings. The van der Waals surface area contributed by atoms with Gasteiger partial charge in [-0.2, -0.15) is 0 Å². The van der Waals surface area contributed by atoms with Gasteiger partial charge in [0.15, 0.2) is 0 Å². The maximum atomic E-state index is 9.67. The van der Waals surface area contributed by atoms with Crippen LogP contribution >= 0.6 is 0 Å². The van der Waals surface area contributed by atoms with Gasteiger partial charge in [0, 0.05) is 0 Å². The summed E-state index contributed by atoms with van der Waals surface area (Å²) in [5.74, 6) is 0.449. The summed E-state index contributed by atoms with van der Waals surface area (Å²) in [6.07, 6.45) is 1.47. The molecule has 0 spiro atoms. The molecule has 0 saturated carbocycles. The zero-order chi connectivity index (χ0) is 7.28.